The lowest BCUT2D eigenvalue weighted by molar-refractivity contribution is 0.432. The van der Waals surface area contributed by atoms with Crippen molar-refractivity contribution >= 4 is 0 Å². The van der Waals surface area contributed by atoms with E-state index in [9.17, 15) is 8.78 Å². The van der Waals surface area contributed by atoms with Crippen LogP contribution in [0.15, 0.2) is 42.5 Å². The highest BCUT2D eigenvalue weighted by molar-refractivity contribution is 5.32. The van der Waals surface area contributed by atoms with Crippen LogP contribution >= 0.6 is 0 Å². The Labute approximate surface area is 92.0 Å². The molecule has 2 rings (SSSR count). The third kappa shape index (κ3) is 2.37. The fourth-order valence-corrected chi connectivity index (χ4v) is 1.50. The molecule has 0 amide bonds. The van der Waals surface area contributed by atoms with E-state index in [1.807, 2.05) is 0 Å². The average molecular weight is 220 g/mol. The summed E-state index contributed by atoms with van der Waals surface area (Å²) in [6.45, 7) is 0. The summed E-state index contributed by atoms with van der Waals surface area (Å²) in [5.41, 5.74) is 1.63. The maximum absolute atomic E-state index is 13.0. The van der Waals surface area contributed by atoms with Crippen molar-refractivity contribution in [3.63, 3.8) is 0 Å². The molecule has 2 aromatic carbocycles. The van der Waals surface area contributed by atoms with Gasteiger partial charge in [-0.15, -0.1) is 0 Å². The van der Waals surface area contributed by atoms with E-state index in [0.717, 1.165) is 11.1 Å². The second kappa shape index (κ2) is 4.31. The second-order valence-electron chi connectivity index (χ2n) is 3.59. The zero-order valence-corrected chi connectivity index (χ0v) is 8.45. The summed E-state index contributed by atoms with van der Waals surface area (Å²) >= 11 is 0. The van der Waals surface area contributed by atoms with Crippen LogP contribution in [0, 0.1) is 11.6 Å². The lowest BCUT2D eigenvalue weighted by Gasteiger charge is -2.03. The van der Waals surface area contributed by atoms with E-state index in [4.69, 9.17) is 5.11 Å². The zero-order valence-electron chi connectivity index (χ0n) is 8.45. The van der Waals surface area contributed by atoms with Gasteiger partial charge in [-0.25, -0.2) is 8.78 Å². The molecule has 0 aliphatic carbocycles. The number of phenolic OH excluding ortho intramolecular Hbond substituents is 1. The molecule has 0 aliphatic rings. The third-order valence-corrected chi connectivity index (χ3v) is 2.33. The summed E-state index contributed by atoms with van der Waals surface area (Å²) in [6.07, 6.45) is 0.511. The molecule has 82 valence electrons. The SMILES string of the molecule is Oc1ccc(Cc2ccc(F)cc2)cc1F. The summed E-state index contributed by atoms with van der Waals surface area (Å²) in [7, 11) is 0. The van der Waals surface area contributed by atoms with Crippen LogP contribution in [-0.4, -0.2) is 5.11 Å². The first-order valence-corrected chi connectivity index (χ1v) is 4.87. The Morgan fingerprint density at radius 2 is 1.50 bits per heavy atom. The molecule has 0 bridgehead atoms. The fraction of sp³-hybridized carbons (Fsp3) is 0.0769. The van der Waals surface area contributed by atoms with Gasteiger partial charge in [0.05, 0.1) is 0 Å². The van der Waals surface area contributed by atoms with Crippen molar-refractivity contribution in [2.75, 3.05) is 0 Å². The smallest absolute Gasteiger partial charge is 0.165 e. The van der Waals surface area contributed by atoms with Crippen molar-refractivity contribution in [2.45, 2.75) is 6.42 Å². The molecule has 0 unspecified atom stereocenters. The van der Waals surface area contributed by atoms with Gasteiger partial charge in [0.2, 0.25) is 0 Å². The highest BCUT2D eigenvalue weighted by Gasteiger charge is 2.02. The molecule has 0 heterocycles. The molecule has 0 aliphatic heterocycles. The van der Waals surface area contributed by atoms with Crippen molar-refractivity contribution in [2.24, 2.45) is 0 Å². The van der Waals surface area contributed by atoms with E-state index in [1.54, 1.807) is 18.2 Å². The molecular weight excluding hydrogens is 210 g/mol. The summed E-state index contributed by atoms with van der Waals surface area (Å²) in [5.74, 6) is -1.29. The van der Waals surface area contributed by atoms with Crippen LogP contribution in [0.5, 0.6) is 5.75 Å². The maximum atomic E-state index is 13.0. The number of halogens is 2. The highest BCUT2D eigenvalue weighted by atomic mass is 19.1. The summed E-state index contributed by atoms with van der Waals surface area (Å²) < 4.78 is 25.7. The second-order valence-corrected chi connectivity index (χ2v) is 3.59. The molecule has 0 atom stereocenters. The Morgan fingerprint density at radius 1 is 0.875 bits per heavy atom. The van der Waals surface area contributed by atoms with Crippen LogP contribution in [0.1, 0.15) is 11.1 Å². The van der Waals surface area contributed by atoms with Crippen molar-refractivity contribution in [3.05, 3.63) is 65.2 Å². The first kappa shape index (κ1) is 10.6. The molecule has 1 nitrogen and oxygen atoms in total. The fourth-order valence-electron chi connectivity index (χ4n) is 1.50. The molecule has 16 heavy (non-hydrogen) atoms. The molecule has 0 radical (unpaired) electrons. The molecule has 0 aromatic heterocycles. The summed E-state index contributed by atoms with van der Waals surface area (Å²) in [6, 6.07) is 10.3. The van der Waals surface area contributed by atoms with E-state index in [0.29, 0.717) is 6.42 Å². The van der Waals surface area contributed by atoms with Crippen LogP contribution in [0.3, 0.4) is 0 Å². The number of aromatic hydroxyl groups is 1. The molecule has 3 heteroatoms. The number of phenols is 1. The molecule has 0 fully saturated rings. The predicted octanol–water partition coefficient (Wildman–Crippen LogP) is 3.26. The van der Waals surface area contributed by atoms with Gasteiger partial charge in [-0.3, -0.25) is 0 Å². The normalized spacial score (nSPS) is 10.4. The Morgan fingerprint density at radius 3 is 2.12 bits per heavy atom. The Hall–Kier alpha value is -1.90. The van der Waals surface area contributed by atoms with Crippen molar-refractivity contribution in [1.29, 1.82) is 0 Å². The molecule has 1 N–H and O–H groups in total. The van der Waals surface area contributed by atoms with Crippen LogP contribution < -0.4 is 0 Å². The largest absolute Gasteiger partial charge is 0.505 e. The van der Waals surface area contributed by atoms with Crippen LogP contribution in [-0.2, 0) is 6.42 Å². The van der Waals surface area contributed by atoms with Crippen LogP contribution in [0.4, 0.5) is 8.78 Å². The zero-order chi connectivity index (χ0) is 11.5. The molecule has 0 saturated carbocycles. The number of benzene rings is 2. The van der Waals surface area contributed by atoms with Crippen molar-refractivity contribution in [1.82, 2.24) is 0 Å². The first-order chi connectivity index (χ1) is 7.65. The van der Waals surface area contributed by atoms with Gasteiger partial charge < -0.3 is 5.11 Å². The van der Waals surface area contributed by atoms with Gasteiger partial charge in [-0.1, -0.05) is 18.2 Å². The van der Waals surface area contributed by atoms with E-state index < -0.39 is 5.82 Å². The Kier molecular flexibility index (Phi) is 2.86. The predicted molar refractivity (Wildman–Crippen MR) is 57.3 cm³/mol. The van der Waals surface area contributed by atoms with Gasteiger partial charge in [-0.05, 0) is 41.8 Å². The lowest BCUT2D eigenvalue weighted by atomic mass is 10.0. The monoisotopic (exact) mass is 220 g/mol. The number of hydrogen-bond acceptors (Lipinski definition) is 1. The van der Waals surface area contributed by atoms with Gasteiger partial charge in [0.15, 0.2) is 11.6 Å². The highest BCUT2D eigenvalue weighted by Crippen LogP contribution is 2.18. The van der Waals surface area contributed by atoms with Crippen LogP contribution in [0.25, 0.3) is 0 Å². The molecular formula is C13H10F2O. The van der Waals surface area contributed by atoms with Gasteiger partial charge in [0.25, 0.3) is 0 Å². The number of hydrogen-bond donors (Lipinski definition) is 1. The van der Waals surface area contributed by atoms with Gasteiger partial charge in [0, 0.05) is 0 Å². The Bertz CT molecular complexity index is 492. The number of rotatable bonds is 2. The quantitative estimate of drug-likeness (QED) is 0.823. The van der Waals surface area contributed by atoms with E-state index in [-0.39, 0.29) is 11.6 Å². The summed E-state index contributed by atoms with van der Waals surface area (Å²) in [5, 5.41) is 9.02. The minimum absolute atomic E-state index is 0.291. The first-order valence-electron chi connectivity index (χ1n) is 4.87. The van der Waals surface area contributed by atoms with E-state index >= 15 is 0 Å². The van der Waals surface area contributed by atoms with Crippen molar-refractivity contribution in [3.8, 4) is 5.75 Å². The third-order valence-electron chi connectivity index (χ3n) is 2.33. The van der Waals surface area contributed by atoms with E-state index in [1.165, 1.54) is 24.3 Å². The van der Waals surface area contributed by atoms with E-state index in [2.05, 4.69) is 0 Å². The van der Waals surface area contributed by atoms with Gasteiger partial charge >= 0.3 is 0 Å². The lowest BCUT2D eigenvalue weighted by Crippen LogP contribution is -1.89. The topological polar surface area (TPSA) is 20.2 Å². The van der Waals surface area contributed by atoms with Gasteiger partial charge in [-0.2, -0.15) is 0 Å². The molecule has 0 saturated heterocycles. The molecule has 2 aromatic rings. The van der Waals surface area contributed by atoms with Gasteiger partial charge in [0.1, 0.15) is 5.82 Å². The van der Waals surface area contributed by atoms with Crippen LogP contribution in [0.2, 0.25) is 0 Å². The van der Waals surface area contributed by atoms with Crippen molar-refractivity contribution < 1.29 is 13.9 Å². The Balaban J connectivity index is 2.20. The average Bonchev–Trinajstić information content (AvgIpc) is 2.27. The molecule has 0 spiro atoms. The summed E-state index contributed by atoms with van der Waals surface area (Å²) in [4.78, 5) is 0. The standard InChI is InChI=1S/C13H10F2O/c14-11-4-1-9(2-5-11)7-10-3-6-13(16)12(15)8-10/h1-6,8,16H,7H2. The minimum Gasteiger partial charge on any atom is -0.505 e. The minimum atomic E-state index is -0.639. The maximum Gasteiger partial charge on any atom is 0.165 e.